The van der Waals surface area contributed by atoms with Gasteiger partial charge in [0.2, 0.25) is 0 Å². The first-order valence-electron chi connectivity index (χ1n) is 10.3. The van der Waals surface area contributed by atoms with Crippen LogP contribution >= 0.6 is 0 Å². The number of benzene rings is 2. The Balaban J connectivity index is 1.81. The lowest BCUT2D eigenvalue weighted by molar-refractivity contribution is 0.0680. The van der Waals surface area contributed by atoms with Crippen LogP contribution in [0.5, 0.6) is 11.5 Å². The predicted molar refractivity (Wildman–Crippen MR) is 117 cm³/mol. The van der Waals surface area contributed by atoms with Crippen molar-refractivity contribution in [2.45, 2.75) is 38.8 Å². The molecule has 0 N–H and O–H groups in total. The number of methoxy groups -OCH3 is 1. The molecule has 6 nitrogen and oxygen atoms in total. The SMILES string of the molecule is CCCCOc1ccc(C(=O)N(Cc2cccc(OC)c2)[C@@H]2CCS(=O)(=O)C2)cc1. The molecule has 7 heteroatoms. The van der Waals surface area contributed by atoms with Gasteiger partial charge in [-0.05, 0) is 54.8 Å². The summed E-state index contributed by atoms with van der Waals surface area (Å²) in [6.07, 6.45) is 2.49. The topological polar surface area (TPSA) is 72.9 Å². The average molecular weight is 432 g/mol. The zero-order valence-electron chi connectivity index (χ0n) is 17.5. The molecule has 1 atom stereocenters. The van der Waals surface area contributed by atoms with Gasteiger partial charge in [0.05, 0.1) is 25.2 Å². The van der Waals surface area contributed by atoms with E-state index in [1.54, 1.807) is 36.3 Å². The summed E-state index contributed by atoms with van der Waals surface area (Å²) in [6.45, 7) is 3.07. The number of hydrogen-bond donors (Lipinski definition) is 0. The highest BCUT2D eigenvalue weighted by Gasteiger charge is 2.35. The molecule has 0 spiro atoms. The molecule has 2 aromatic rings. The van der Waals surface area contributed by atoms with Crippen LogP contribution in [0.15, 0.2) is 48.5 Å². The van der Waals surface area contributed by atoms with Crippen LogP contribution in [0.2, 0.25) is 0 Å². The molecule has 1 heterocycles. The third-order valence-corrected chi connectivity index (χ3v) is 7.02. The van der Waals surface area contributed by atoms with E-state index in [0.29, 0.717) is 30.9 Å². The van der Waals surface area contributed by atoms with E-state index in [0.717, 1.165) is 24.2 Å². The number of hydrogen-bond acceptors (Lipinski definition) is 5. The first-order valence-corrected chi connectivity index (χ1v) is 12.1. The minimum Gasteiger partial charge on any atom is -0.497 e. The fourth-order valence-corrected chi connectivity index (χ4v) is 5.28. The summed E-state index contributed by atoms with van der Waals surface area (Å²) < 4.78 is 35.1. The summed E-state index contributed by atoms with van der Waals surface area (Å²) in [5.41, 5.74) is 1.41. The Morgan fingerprint density at radius 3 is 2.53 bits per heavy atom. The van der Waals surface area contributed by atoms with Gasteiger partial charge in [0.1, 0.15) is 11.5 Å². The van der Waals surface area contributed by atoms with E-state index >= 15 is 0 Å². The monoisotopic (exact) mass is 431 g/mol. The van der Waals surface area contributed by atoms with Gasteiger partial charge in [0.15, 0.2) is 9.84 Å². The van der Waals surface area contributed by atoms with E-state index in [1.807, 2.05) is 24.3 Å². The molecular formula is C23H29NO5S. The molecule has 0 unspecified atom stereocenters. The highest BCUT2D eigenvalue weighted by Crippen LogP contribution is 2.24. The highest BCUT2D eigenvalue weighted by atomic mass is 32.2. The number of sulfone groups is 1. The molecule has 1 fully saturated rings. The number of carbonyl (C=O) groups is 1. The molecule has 30 heavy (non-hydrogen) atoms. The molecule has 0 aliphatic carbocycles. The van der Waals surface area contributed by atoms with E-state index in [1.165, 1.54) is 0 Å². The summed E-state index contributed by atoms with van der Waals surface area (Å²) in [5.74, 6) is 1.36. The molecule has 1 aliphatic heterocycles. The molecule has 0 saturated carbocycles. The van der Waals surface area contributed by atoms with Gasteiger partial charge in [-0.2, -0.15) is 0 Å². The number of amides is 1. The second kappa shape index (κ2) is 9.98. The quantitative estimate of drug-likeness (QED) is 0.566. The van der Waals surface area contributed by atoms with Crippen LogP contribution in [0, 0.1) is 0 Å². The maximum absolute atomic E-state index is 13.3. The Morgan fingerprint density at radius 2 is 1.90 bits per heavy atom. The van der Waals surface area contributed by atoms with Crippen LogP contribution in [-0.4, -0.2) is 50.5 Å². The summed E-state index contributed by atoms with van der Waals surface area (Å²) in [6, 6.07) is 14.2. The maximum atomic E-state index is 13.3. The molecule has 1 aliphatic rings. The Kier molecular flexibility index (Phi) is 7.37. The molecule has 2 aromatic carbocycles. The summed E-state index contributed by atoms with van der Waals surface area (Å²) in [7, 11) is -1.53. The van der Waals surface area contributed by atoms with Crippen LogP contribution in [0.3, 0.4) is 0 Å². The lowest BCUT2D eigenvalue weighted by Crippen LogP contribution is -2.40. The Morgan fingerprint density at radius 1 is 1.13 bits per heavy atom. The normalized spacial score (nSPS) is 17.5. The van der Waals surface area contributed by atoms with Gasteiger partial charge in [0, 0.05) is 18.2 Å². The maximum Gasteiger partial charge on any atom is 0.254 e. The number of unbranched alkanes of at least 4 members (excludes halogenated alkanes) is 1. The minimum atomic E-state index is -3.12. The van der Waals surface area contributed by atoms with Gasteiger partial charge in [-0.25, -0.2) is 8.42 Å². The first-order chi connectivity index (χ1) is 14.4. The number of rotatable bonds is 9. The van der Waals surface area contributed by atoms with Crippen molar-refractivity contribution in [3.8, 4) is 11.5 Å². The van der Waals surface area contributed by atoms with Crippen LogP contribution in [0.4, 0.5) is 0 Å². The zero-order chi connectivity index (χ0) is 21.6. The molecule has 0 bridgehead atoms. The van der Waals surface area contributed by atoms with E-state index in [9.17, 15) is 13.2 Å². The van der Waals surface area contributed by atoms with Gasteiger partial charge in [0.25, 0.3) is 5.91 Å². The van der Waals surface area contributed by atoms with Crippen molar-refractivity contribution in [2.75, 3.05) is 25.2 Å². The first kappa shape index (κ1) is 22.2. The van der Waals surface area contributed by atoms with Crippen LogP contribution < -0.4 is 9.47 Å². The predicted octanol–water partition coefficient (Wildman–Crippen LogP) is 3.70. The molecular weight excluding hydrogens is 402 g/mol. The lowest BCUT2D eigenvalue weighted by Gasteiger charge is -2.29. The van der Waals surface area contributed by atoms with Crippen LogP contribution in [-0.2, 0) is 16.4 Å². The molecule has 1 saturated heterocycles. The van der Waals surface area contributed by atoms with E-state index in [2.05, 4.69) is 6.92 Å². The molecule has 1 amide bonds. The summed E-state index contributed by atoms with van der Waals surface area (Å²) in [4.78, 5) is 15.0. The van der Waals surface area contributed by atoms with Crippen molar-refractivity contribution in [2.24, 2.45) is 0 Å². The smallest absolute Gasteiger partial charge is 0.254 e. The third-order valence-electron chi connectivity index (χ3n) is 5.26. The number of nitrogens with zero attached hydrogens (tertiary/aromatic N) is 1. The van der Waals surface area contributed by atoms with Gasteiger partial charge in [-0.15, -0.1) is 0 Å². The van der Waals surface area contributed by atoms with Crippen molar-refractivity contribution in [1.82, 2.24) is 4.90 Å². The third kappa shape index (κ3) is 5.75. The Hall–Kier alpha value is -2.54. The second-order valence-corrected chi connectivity index (χ2v) is 9.80. The molecule has 3 rings (SSSR count). The van der Waals surface area contributed by atoms with E-state index in [4.69, 9.17) is 9.47 Å². The van der Waals surface area contributed by atoms with Gasteiger partial charge >= 0.3 is 0 Å². The van der Waals surface area contributed by atoms with Gasteiger partial charge in [-0.3, -0.25) is 4.79 Å². The number of ether oxygens (including phenoxy) is 2. The summed E-state index contributed by atoms with van der Waals surface area (Å²) >= 11 is 0. The van der Waals surface area contributed by atoms with Gasteiger partial charge in [-0.1, -0.05) is 25.5 Å². The molecule has 0 radical (unpaired) electrons. The average Bonchev–Trinajstić information content (AvgIpc) is 3.12. The fourth-order valence-electron chi connectivity index (χ4n) is 3.55. The second-order valence-electron chi connectivity index (χ2n) is 7.57. The fraction of sp³-hybridized carbons (Fsp3) is 0.435. The minimum absolute atomic E-state index is 0.000914. The number of carbonyl (C=O) groups excluding carboxylic acids is 1. The van der Waals surface area contributed by atoms with Gasteiger partial charge < -0.3 is 14.4 Å². The van der Waals surface area contributed by atoms with Crippen LogP contribution in [0.25, 0.3) is 0 Å². The lowest BCUT2D eigenvalue weighted by atomic mass is 10.1. The Bertz CT molecular complexity index is 956. The van der Waals surface area contributed by atoms with E-state index < -0.39 is 9.84 Å². The Labute approximate surface area is 178 Å². The zero-order valence-corrected chi connectivity index (χ0v) is 18.4. The molecule has 162 valence electrons. The van der Waals surface area contributed by atoms with Crippen molar-refractivity contribution < 1.29 is 22.7 Å². The van der Waals surface area contributed by atoms with E-state index in [-0.39, 0.29) is 23.5 Å². The standard InChI is InChI=1S/C23H29NO5S/c1-3-4-13-29-21-10-8-19(9-11-21)23(25)24(20-12-14-30(26,27)17-20)16-18-6-5-7-22(15-18)28-2/h5-11,15,20H,3-4,12-14,16-17H2,1-2H3/t20-/m1/s1. The van der Waals surface area contributed by atoms with Crippen molar-refractivity contribution in [3.05, 3.63) is 59.7 Å². The summed E-state index contributed by atoms with van der Waals surface area (Å²) in [5, 5.41) is 0. The van der Waals surface area contributed by atoms with Crippen LogP contribution in [0.1, 0.15) is 42.1 Å². The molecule has 0 aromatic heterocycles. The van der Waals surface area contributed by atoms with Crippen molar-refractivity contribution in [3.63, 3.8) is 0 Å². The largest absolute Gasteiger partial charge is 0.497 e. The van der Waals surface area contributed by atoms with Crippen molar-refractivity contribution >= 4 is 15.7 Å². The van der Waals surface area contributed by atoms with Crippen molar-refractivity contribution in [1.29, 1.82) is 0 Å². The highest BCUT2D eigenvalue weighted by molar-refractivity contribution is 7.91.